The van der Waals surface area contributed by atoms with Crippen molar-refractivity contribution in [3.8, 4) is 22.5 Å². The molecule has 1 unspecified atom stereocenters. The second kappa shape index (κ2) is 15.1. The molecule has 0 aliphatic rings. The van der Waals surface area contributed by atoms with Crippen molar-refractivity contribution >= 4 is 64.0 Å². The Morgan fingerprint density at radius 3 is 1.89 bits per heavy atom. The highest BCUT2D eigenvalue weighted by Gasteiger charge is 2.30. The molecule has 10 aromatic rings. The molecule has 64 heavy (non-hydrogen) atoms. The van der Waals surface area contributed by atoms with Gasteiger partial charge in [-0.1, -0.05) is 52.9 Å². The van der Waals surface area contributed by atoms with Gasteiger partial charge in [0.25, 0.3) is 0 Å². The number of fused-ring (bicyclic) bond motifs is 4. The molecule has 18 heteroatoms. The molecule has 0 N–H and O–H groups in total. The highest BCUT2D eigenvalue weighted by Crippen LogP contribution is 2.47. The van der Waals surface area contributed by atoms with Crippen LogP contribution in [0, 0.1) is 0 Å². The average molecular weight is 887 g/mol. The minimum Gasteiger partial charge on any atom is -0.322 e. The fourth-order valence-corrected chi connectivity index (χ4v) is 10.7. The Kier molecular flexibility index (Phi) is 9.73. The lowest BCUT2D eigenvalue weighted by Crippen LogP contribution is -2.29. The minimum absolute atomic E-state index is 0.221. The van der Waals surface area contributed by atoms with E-state index in [4.69, 9.17) is 15.0 Å². The quantitative estimate of drug-likeness (QED) is 0.113. The first-order valence-corrected chi connectivity index (χ1v) is 25.8. The smallest absolute Gasteiger partial charge is 0.221 e. The summed E-state index contributed by atoms with van der Waals surface area (Å²) in [5.74, 6) is 0. The van der Waals surface area contributed by atoms with Crippen LogP contribution >= 0.6 is 14.3 Å². The SMILES string of the molecule is CC(C)(c1ccc2ncccc2c1)n1nnc2ncc(-c3cnn(CP(C)(=O)Cc4ccc5cc(C(C)(C)n6nnc7ncc(-c8cccc(P(C)(C)=O)c8)nc76)ccc5n4)c3)nc21. The third-order valence-electron chi connectivity index (χ3n) is 11.8. The van der Waals surface area contributed by atoms with Crippen molar-refractivity contribution in [1.29, 1.82) is 0 Å². The van der Waals surface area contributed by atoms with E-state index in [0.29, 0.717) is 40.1 Å². The van der Waals surface area contributed by atoms with E-state index in [0.717, 1.165) is 55.1 Å². The van der Waals surface area contributed by atoms with Gasteiger partial charge in [-0.05, 0) is 101 Å². The molecular weight excluding hydrogens is 843 g/mol. The molecular formula is C46H44N14O2P2. The molecule has 0 bridgehead atoms. The molecule has 0 aliphatic heterocycles. The molecule has 0 saturated heterocycles. The number of aromatic nitrogens is 14. The van der Waals surface area contributed by atoms with Gasteiger partial charge < -0.3 is 9.13 Å². The highest BCUT2D eigenvalue weighted by molar-refractivity contribution is 7.70. The molecule has 1 atom stereocenters. The molecule has 0 fully saturated rings. The fraction of sp³-hybridized carbons (Fsp3) is 0.239. The second-order valence-corrected chi connectivity index (χ2v) is 24.2. The molecule has 16 nitrogen and oxygen atoms in total. The molecule has 10 rings (SSSR count). The van der Waals surface area contributed by atoms with Gasteiger partial charge in [-0.3, -0.25) is 14.6 Å². The van der Waals surface area contributed by atoms with Crippen LogP contribution < -0.4 is 5.30 Å². The van der Waals surface area contributed by atoms with Crippen molar-refractivity contribution in [3.05, 3.63) is 133 Å². The van der Waals surface area contributed by atoms with E-state index in [1.165, 1.54) is 0 Å². The third-order valence-corrected chi connectivity index (χ3v) is 15.2. The second-order valence-electron chi connectivity index (χ2n) is 17.8. The zero-order valence-corrected chi connectivity index (χ0v) is 38.1. The summed E-state index contributed by atoms with van der Waals surface area (Å²) in [4.78, 5) is 28.4. The number of hydrogen-bond donors (Lipinski definition) is 0. The predicted molar refractivity (Wildman–Crippen MR) is 250 cm³/mol. The van der Waals surface area contributed by atoms with Gasteiger partial charge >= 0.3 is 0 Å². The zero-order valence-electron chi connectivity index (χ0n) is 36.4. The van der Waals surface area contributed by atoms with Crippen molar-refractivity contribution in [2.45, 2.75) is 51.2 Å². The molecule has 3 aromatic carbocycles. The Balaban J connectivity index is 0.855. The number of hydrogen-bond acceptors (Lipinski definition) is 13. The van der Waals surface area contributed by atoms with Crippen molar-refractivity contribution < 1.29 is 9.13 Å². The van der Waals surface area contributed by atoms with Gasteiger partial charge in [0.1, 0.15) is 14.3 Å². The molecule has 0 aliphatic carbocycles. The van der Waals surface area contributed by atoms with Crippen LogP contribution in [0.4, 0.5) is 0 Å². The van der Waals surface area contributed by atoms with Gasteiger partial charge in [0.2, 0.25) is 11.3 Å². The zero-order chi connectivity index (χ0) is 44.6. The van der Waals surface area contributed by atoms with Crippen LogP contribution in [0.3, 0.4) is 0 Å². The van der Waals surface area contributed by atoms with E-state index in [-0.39, 0.29) is 6.29 Å². The first kappa shape index (κ1) is 41.1. The van der Waals surface area contributed by atoms with E-state index >= 15 is 0 Å². The summed E-state index contributed by atoms with van der Waals surface area (Å²) >= 11 is 0. The summed E-state index contributed by atoms with van der Waals surface area (Å²) in [5, 5.41) is 24.9. The minimum atomic E-state index is -2.81. The summed E-state index contributed by atoms with van der Waals surface area (Å²) in [6.45, 7) is 13.5. The summed E-state index contributed by atoms with van der Waals surface area (Å²) < 4.78 is 32.2. The monoisotopic (exact) mass is 886 g/mol. The standard InChI is InChI=1S/C46H44N14O2P2/c1-45(2,33-14-17-37-29(20-33)11-9-19-47-37)60-44-42(55-57-60)49-25-40(53-44)32-23-50-58(26-32)28-64(7,62)27-35-16-13-31-21-34(15-18-38(31)51-35)46(3,4)59-43-41(54-56-59)48-24-39(52-43)30-10-8-12-36(22-30)63(5,6)61/h8-26H,27-28H2,1-7H3. The molecule has 0 radical (unpaired) electrons. The molecule has 0 spiro atoms. The third kappa shape index (κ3) is 7.56. The average Bonchev–Trinajstić information content (AvgIpc) is 4.04. The first-order valence-electron chi connectivity index (χ1n) is 20.7. The Bertz CT molecular complexity index is 3550. The van der Waals surface area contributed by atoms with Gasteiger partial charge in [-0.2, -0.15) is 5.10 Å². The predicted octanol–water partition coefficient (Wildman–Crippen LogP) is 8.35. The summed E-state index contributed by atoms with van der Waals surface area (Å²) in [5.41, 5.74) is 7.94. The maximum Gasteiger partial charge on any atom is 0.221 e. The van der Waals surface area contributed by atoms with Crippen molar-refractivity contribution in [3.63, 3.8) is 0 Å². The Morgan fingerprint density at radius 1 is 0.609 bits per heavy atom. The maximum absolute atomic E-state index is 14.2. The summed E-state index contributed by atoms with van der Waals surface area (Å²) in [6, 6.07) is 27.8. The van der Waals surface area contributed by atoms with Gasteiger partial charge in [0.05, 0.1) is 58.4 Å². The van der Waals surface area contributed by atoms with Gasteiger partial charge in [0, 0.05) is 51.5 Å². The largest absolute Gasteiger partial charge is 0.322 e. The summed E-state index contributed by atoms with van der Waals surface area (Å²) in [7, 11) is -5.27. The Labute approximate surface area is 368 Å². The molecule has 7 heterocycles. The maximum atomic E-state index is 14.2. The van der Waals surface area contributed by atoms with E-state index in [1.807, 2.05) is 79.0 Å². The number of benzene rings is 3. The van der Waals surface area contributed by atoms with E-state index in [1.54, 1.807) is 58.8 Å². The van der Waals surface area contributed by atoms with Crippen LogP contribution in [-0.4, -0.2) is 89.7 Å². The van der Waals surface area contributed by atoms with Crippen LogP contribution in [0.15, 0.2) is 116 Å². The molecule has 7 aromatic heterocycles. The van der Waals surface area contributed by atoms with Crippen LogP contribution in [0.25, 0.3) is 66.9 Å². The molecule has 0 amide bonds. The lowest BCUT2D eigenvalue weighted by atomic mass is 9.93. The van der Waals surface area contributed by atoms with Crippen LogP contribution in [-0.2, 0) is 32.7 Å². The van der Waals surface area contributed by atoms with Gasteiger partial charge in [0.15, 0.2) is 11.3 Å². The highest BCUT2D eigenvalue weighted by atomic mass is 31.2. The normalized spacial score (nSPS) is 13.6. The molecule has 320 valence electrons. The number of pyridine rings is 2. The van der Waals surface area contributed by atoms with E-state index in [9.17, 15) is 9.13 Å². The molecule has 0 saturated carbocycles. The first-order chi connectivity index (χ1) is 30.5. The van der Waals surface area contributed by atoms with Crippen LogP contribution in [0.5, 0.6) is 0 Å². The van der Waals surface area contributed by atoms with E-state index < -0.39 is 25.4 Å². The van der Waals surface area contributed by atoms with Crippen molar-refractivity contribution in [1.82, 2.24) is 69.7 Å². The summed E-state index contributed by atoms with van der Waals surface area (Å²) in [6.07, 6.45) is 9.19. The lowest BCUT2D eigenvalue weighted by molar-refractivity contribution is 0.391. The Morgan fingerprint density at radius 2 is 1.23 bits per heavy atom. The lowest BCUT2D eigenvalue weighted by Gasteiger charge is -2.26. The van der Waals surface area contributed by atoms with Crippen LogP contribution in [0.2, 0.25) is 0 Å². The number of nitrogens with zero attached hydrogens (tertiary/aromatic N) is 14. The van der Waals surface area contributed by atoms with E-state index in [2.05, 4.69) is 80.5 Å². The van der Waals surface area contributed by atoms with Gasteiger partial charge in [-0.15, -0.1) is 10.2 Å². The van der Waals surface area contributed by atoms with Crippen molar-refractivity contribution in [2.75, 3.05) is 20.0 Å². The topological polar surface area (TPSA) is 191 Å². The Hall–Kier alpha value is -6.89. The number of rotatable bonds is 11. The van der Waals surface area contributed by atoms with Crippen LogP contribution in [0.1, 0.15) is 44.5 Å². The van der Waals surface area contributed by atoms with Gasteiger partial charge in [-0.25, -0.2) is 29.3 Å². The fourth-order valence-electron chi connectivity index (χ4n) is 8.07. The van der Waals surface area contributed by atoms with Crippen molar-refractivity contribution in [2.24, 2.45) is 0 Å².